The van der Waals surface area contributed by atoms with Crippen molar-refractivity contribution in [1.29, 1.82) is 5.26 Å². The summed E-state index contributed by atoms with van der Waals surface area (Å²) in [6.45, 7) is 6.61. The monoisotopic (exact) mass is 477 g/mol. The van der Waals surface area contributed by atoms with Crippen molar-refractivity contribution in [3.63, 3.8) is 0 Å². The maximum Gasteiger partial charge on any atom is 0.314 e. The van der Waals surface area contributed by atoms with Crippen LogP contribution in [0.1, 0.15) is 72.9 Å². The third-order valence-electron chi connectivity index (χ3n) is 6.88. The van der Waals surface area contributed by atoms with Crippen molar-refractivity contribution in [3.05, 3.63) is 53.6 Å². The molecule has 184 valence electrons. The molecule has 1 aromatic heterocycles. The molecule has 0 bridgehead atoms. The van der Waals surface area contributed by atoms with Crippen molar-refractivity contribution >= 4 is 17.8 Å². The summed E-state index contributed by atoms with van der Waals surface area (Å²) in [6.07, 6.45) is 8.17. The molecule has 0 atom stereocenters. The first-order valence-corrected chi connectivity index (χ1v) is 12.3. The smallest absolute Gasteiger partial charge is 0.314 e. The van der Waals surface area contributed by atoms with Crippen LogP contribution in [0.25, 0.3) is 0 Å². The molecule has 1 fully saturated rings. The highest BCUT2D eigenvalue weighted by atomic mass is 16.5. The van der Waals surface area contributed by atoms with E-state index in [4.69, 9.17) is 4.74 Å². The van der Waals surface area contributed by atoms with E-state index in [2.05, 4.69) is 10.6 Å². The number of carbonyl (C=O) groups excluding carboxylic acids is 3. The molecular weight excluding hydrogens is 444 g/mol. The Morgan fingerprint density at radius 1 is 1.11 bits per heavy atom. The number of imidazole rings is 1. The molecule has 0 saturated heterocycles. The van der Waals surface area contributed by atoms with Gasteiger partial charge in [-0.3, -0.25) is 19.3 Å². The van der Waals surface area contributed by atoms with Gasteiger partial charge in [0.25, 0.3) is 11.8 Å². The van der Waals surface area contributed by atoms with Crippen LogP contribution in [0.5, 0.6) is 0 Å². The Hall–Kier alpha value is -3.47. The number of rotatable bonds is 7. The summed E-state index contributed by atoms with van der Waals surface area (Å²) in [5.41, 5.74) is 1.28. The fraction of sp³-hybridized carbons (Fsp3) is 0.519. The first-order chi connectivity index (χ1) is 16.7. The van der Waals surface area contributed by atoms with Gasteiger partial charge in [0, 0.05) is 18.9 Å². The van der Waals surface area contributed by atoms with Crippen molar-refractivity contribution in [1.82, 2.24) is 9.47 Å². The van der Waals surface area contributed by atoms with Gasteiger partial charge in [0.1, 0.15) is 11.9 Å². The molecule has 0 unspecified atom stereocenters. The van der Waals surface area contributed by atoms with Crippen LogP contribution in [0.2, 0.25) is 0 Å². The Balaban J connectivity index is 1.47. The average molecular weight is 478 g/mol. The normalized spacial score (nSPS) is 20.0. The van der Waals surface area contributed by atoms with E-state index in [-0.39, 0.29) is 37.0 Å². The van der Waals surface area contributed by atoms with E-state index in [0.717, 1.165) is 37.9 Å². The lowest BCUT2D eigenvalue weighted by molar-refractivity contribution is -0.727. The molecule has 1 aromatic carbocycles. The number of esters is 1. The lowest BCUT2D eigenvalue weighted by Crippen LogP contribution is -2.36. The minimum atomic E-state index is -0.586. The standard InChI is InChI=1S/C27H33N4O4/c1-27(2,3)26(34)35-18-29-16-21(30(17-29)15-20-10-8-19(14-28)9-11-20)12-13-31-24(32)22-6-4-5-7-23(22)25(31)33/h4-7,16-17,19-20H,8-13,15,18H2,1-3H3/q+1. The second-order valence-corrected chi connectivity index (χ2v) is 10.6. The molecule has 2 aromatic rings. The number of benzene rings is 1. The Morgan fingerprint density at radius 2 is 1.74 bits per heavy atom. The zero-order valence-corrected chi connectivity index (χ0v) is 20.7. The highest BCUT2D eigenvalue weighted by Crippen LogP contribution is 2.30. The molecule has 4 rings (SSSR count). The lowest BCUT2D eigenvalue weighted by Gasteiger charge is -2.23. The summed E-state index contributed by atoms with van der Waals surface area (Å²) in [4.78, 5) is 39.1. The van der Waals surface area contributed by atoms with E-state index in [1.54, 1.807) is 24.3 Å². The van der Waals surface area contributed by atoms with Gasteiger partial charge in [-0.15, -0.1) is 0 Å². The number of aromatic nitrogens is 2. The fourth-order valence-corrected chi connectivity index (χ4v) is 4.77. The number of fused-ring (bicyclic) bond motifs is 1. The van der Waals surface area contributed by atoms with Gasteiger partial charge in [-0.05, 0) is 64.5 Å². The van der Waals surface area contributed by atoms with Crippen LogP contribution in [0, 0.1) is 28.6 Å². The van der Waals surface area contributed by atoms with Crippen molar-refractivity contribution in [2.75, 3.05) is 6.54 Å². The quantitative estimate of drug-likeness (QED) is 0.346. The largest absolute Gasteiger partial charge is 0.424 e. The van der Waals surface area contributed by atoms with Crippen LogP contribution in [0.15, 0.2) is 36.8 Å². The second-order valence-electron chi connectivity index (χ2n) is 10.6. The van der Waals surface area contributed by atoms with Crippen LogP contribution < -0.4 is 4.57 Å². The number of nitriles is 1. The van der Waals surface area contributed by atoms with Crippen molar-refractivity contribution < 1.29 is 23.7 Å². The maximum absolute atomic E-state index is 12.8. The first kappa shape index (κ1) is 24.6. The molecule has 1 aliphatic heterocycles. The van der Waals surface area contributed by atoms with Gasteiger partial charge in [0.15, 0.2) is 0 Å². The van der Waals surface area contributed by atoms with Crippen LogP contribution >= 0.6 is 0 Å². The molecule has 0 radical (unpaired) electrons. The van der Waals surface area contributed by atoms with Crippen molar-refractivity contribution in [3.8, 4) is 6.07 Å². The maximum atomic E-state index is 12.8. The van der Waals surface area contributed by atoms with Gasteiger partial charge in [-0.1, -0.05) is 12.1 Å². The molecule has 1 aliphatic carbocycles. The summed E-state index contributed by atoms with van der Waals surface area (Å²) in [5.74, 6) is -0.197. The zero-order chi connectivity index (χ0) is 25.2. The number of nitrogens with zero attached hydrogens (tertiary/aromatic N) is 4. The Morgan fingerprint density at radius 3 is 2.31 bits per heavy atom. The highest BCUT2D eigenvalue weighted by Gasteiger charge is 2.35. The molecule has 8 heteroatoms. The summed E-state index contributed by atoms with van der Waals surface area (Å²) < 4.78 is 9.46. The highest BCUT2D eigenvalue weighted by molar-refractivity contribution is 6.21. The molecule has 2 aliphatic rings. The molecule has 1 saturated carbocycles. The SMILES string of the molecule is CC(C)(C)C(=O)OC[n+]1cc(CCN2C(=O)c3ccccc3C2=O)n(CC2CCC(C#N)CC2)c1. The molecular formula is C27H33N4O4+. The number of amides is 2. The van der Waals surface area contributed by atoms with Crippen LogP contribution in [-0.4, -0.2) is 33.8 Å². The van der Waals surface area contributed by atoms with Gasteiger partial charge in [0.05, 0.1) is 29.2 Å². The van der Waals surface area contributed by atoms with E-state index in [1.165, 1.54) is 4.90 Å². The third-order valence-corrected chi connectivity index (χ3v) is 6.88. The topological polar surface area (TPSA) is 96.3 Å². The molecule has 0 spiro atoms. The third kappa shape index (κ3) is 5.45. The lowest BCUT2D eigenvalue weighted by atomic mass is 9.82. The molecule has 35 heavy (non-hydrogen) atoms. The first-order valence-electron chi connectivity index (χ1n) is 12.3. The van der Waals surface area contributed by atoms with E-state index >= 15 is 0 Å². The number of imide groups is 1. The van der Waals surface area contributed by atoms with Crippen LogP contribution in [-0.2, 0) is 29.2 Å². The summed E-state index contributed by atoms with van der Waals surface area (Å²) in [5, 5.41) is 9.20. The van der Waals surface area contributed by atoms with Gasteiger partial charge < -0.3 is 4.74 Å². The number of hydrogen-bond acceptors (Lipinski definition) is 5. The molecule has 0 N–H and O–H groups in total. The van der Waals surface area contributed by atoms with Gasteiger partial charge >= 0.3 is 5.97 Å². The number of hydrogen-bond donors (Lipinski definition) is 0. The van der Waals surface area contributed by atoms with E-state index in [1.807, 2.05) is 37.9 Å². The van der Waals surface area contributed by atoms with Crippen molar-refractivity contribution in [2.45, 2.75) is 66.2 Å². The molecule has 8 nitrogen and oxygen atoms in total. The fourth-order valence-electron chi connectivity index (χ4n) is 4.77. The molecule has 2 heterocycles. The minimum absolute atomic E-state index is 0.101. The van der Waals surface area contributed by atoms with E-state index < -0.39 is 5.41 Å². The predicted molar refractivity (Wildman–Crippen MR) is 127 cm³/mol. The Bertz CT molecular complexity index is 1130. The summed E-state index contributed by atoms with van der Waals surface area (Å²) in [6, 6.07) is 9.29. The van der Waals surface area contributed by atoms with E-state index in [9.17, 15) is 19.6 Å². The second kappa shape index (κ2) is 10.0. The number of ether oxygens (including phenoxy) is 1. The van der Waals surface area contributed by atoms with Crippen LogP contribution in [0.4, 0.5) is 0 Å². The Labute approximate surface area is 206 Å². The summed E-state index contributed by atoms with van der Waals surface area (Å²) in [7, 11) is 0. The van der Waals surface area contributed by atoms with Gasteiger partial charge in [-0.25, -0.2) is 9.13 Å². The van der Waals surface area contributed by atoms with Gasteiger partial charge in [-0.2, -0.15) is 5.26 Å². The van der Waals surface area contributed by atoms with E-state index in [0.29, 0.717) is 23.5 Å². The number of carbonyl (C=O) groups is 3. The molecule has 2 amide bonds. The van der Waals surface area contributed by atoms with Crippen LogP contribution in [0.3, 0.4) is 0 Å². The Kier molecular flexibility index (Phi) is 7.06. The van der Waals surface area contributed by atoms with Gasteiger partial charge in [0.2, 0.25) is 13.1 Å². The zero-order valence-electron chi connectivity index (χ0n) is 20.7. The summed E-state index contributed by atoms with van der Waals surface area (Å²) >= 11 is 0. The predicted octanol–water partition coefficient (Wildman–Crippen LogP) is 3.49. The minimum Gasteiger partial charge on any atom is -0.424 e. The van der Waals surface area contributed by atoms with Crippen molar-refractivity contribution in [2.24, 2.45) is 17.3 Å². The average Bonchev–Trinajstić information content (AvgIpc) is 3.33.